The van der Waals surface area contributed by atoms with Crippen molar-refractivity contribution >= 4 is 17.9 Å². The molecule has 0 aromatic heterocycles. The highest BCUT2D eigenvalue weighted by Crippen LogP contribution is 1.94. The average molecular weight is 166 g/mol. The van der Waals surface area contributed by atoms with E-state index in [9.17, 15) is 4.79 Å². The Morgan fingerprint density at radius 2 is 2.58 bits per heavy atom. The van der Waals surface area contributed by atoms with E-state index in [2.05, 4.69) is 10.2 Å². The summed E-state index contributed by atoms with van der Waals surface area (Å²) in [5, 5.41) is 7.32. The molecule has 4 nitrogen and oxygen atoms in total. The minimum Gasteiger partial charge on any atom is -0.461 e. The summed E-state index contributed by atoms with van der Waals surface area (Å²) in [6.45, 7) is 2.11. The summed E-state index contributed by atoms with van der Waals surface area (Å²) < 4.78 is 4.74. The van der Waals surface area contributed by atoms with E-state index >= 15 is 0 Å². The van der Waals surface area contributed by atoms with Gasteiger partial charge in [0.15, 0.2) is 5.71 Å². The Morgan fingerprint density at radius 3 is 3.33 bits per heavy atom. The van der Waals surface area contributed by atoms with E-state index in [-0.39, 0.29) is 5.71 Å². The second-order valence-electron chi connectivity index (χ2n) is 2.14. The molecular weight excluding hydrogens is 156 g/mol. The quantitative estimate of drug-likeness (QED) is 0.573. The Kier molecular flexibility index (Phi) is 3.19. The summed E-state index contributed by atoms with van der Waals surface area (Å²) in [7, 11) is 0. The molecule has 4 heteroatoms. The second-order valence-corrected chi connectivity index (χ2v) is 2.14. The van der Waals surface area contributed by atoms with Crippen molar-refractivity contribution in [3.05, 3.63) is 12.2 Å². The molecule has 1 rings (SSSR count). The van der Waals surface area contributed by atoms with E-state index in [1.54, 1.807) is 19.2 Å². The maximum absolute atomic E-state index is 11.1. The van der Waals surface area contributed by atoms with Crippen molar-refractivity contribution in [2.75, 3.05) is 6.61 Å². The fourth-order valence-corrected chi connectivity index (χ4v) is 0.738. The smallest absolute Gasteiger partial charge is 0.358 e. The van der Waals surface area contributed by atoms with Crippen molar-refractivity contribution < 1.29 is 9.53 Å². The Morgan fingerprint density at radius 1 is 1.75 bits per heavy atom. The van der Waals surface area contributed by atoms with E-state index < -0.39 is 5.97 Å². The molecule has 0 aliphatic carbocycles. The van der Waals surface area contributed by atoms with Gasteiger partial charge in [0.1, 0.15) is 0 Å². The summed E-state index contributed by atoms with van der Waals surface area (Å²) in [6, 6.07) is 0. The number of hydrogen-bond acceptors (Lipinski definition) is 4. The van der Waals surface area contributed by atoms with Crippen LogP contribution in [0.3, 0.4) is 0 Å². The third-order valence-electron chi connectivity index (χ3n) is 1.25. The lowest BCUT2D eigenvalue weighted by molar-refractivity contribution is -0.134. The van der Waals surface area contributed by atoms with Gasteiger partial charge in [0, 0.05) is 12.6 Å². The highest BCUT2D eigenvalue weighted by Gasteiger charge is 2.09. The number of carbonyl (C=O) groups excluding carboxylic acids is 1. The van der Waals surface area contributed by atoms with Crippen LogP contribution in [0.1, 0.15) is 13.3 Å². The van der Waals surface area contributed by atoms with E-state index in [0.29, 0.717) is 13.0 Å². The maximum atomic E-state index is 11.1. The number of nitrogens with zero attached hydrogens (tertiary/aromatic N) is 2. The van der Waals surface area contributed by atoms with Crippen molar-refractivity contribution in [1.29, 1.82) is 0 Å². The van der Waals surface area contributed by atoms with Gasteiger partial charge in [0.25, 0.3) is 0 Å². The lowest BCUT2D eigenvalue weighted by atomic mass is 10.3. The average Bonchev–Trinajstić information content (AvgIpc) is 2.32. The van der Waals surface area contributed by atoms with Gasteiger partial charge in [-0.15, -0.1) is 5.10 Å². The molecule has 64 valence electrons. The lowest BCUT2D eigenvalue weighted by Gasteiger charge is -1.97. The third kappa shape index (κ3) is 2.30. The van der Waals surface area contributed by atoms with Gasteiger partial charge in [-0.1, -0.05) is 6.08 Å². The number of ether oxygens (including phenoxy) is 1. The molecule has 0 atom stereocenters. The summed E-state index contributed by atoms with van der Waals surface area (Å²) in [5.74, 6) is -0.423. The molecule has 1 heterocycles. The van der Waals surface area contributed by atoms with Gasteiger partial charge in [0.2, 0.25) is 0 Å². The van der Waals surface area contributed by atoms with Crippen molar-refractivity contribution in [2.24, 2.45) is 10.2 Å². The first-order valence-corrected chi connectivity index (χ1v) is 3.77. The fourth-order valence-electron chi connectivity index (χ4n) is 0.738. The molecule has 1 aliphatic heterocycles. The molecule has 1 aliphatic rings. The van der Waals surface area contributed by atoms with E-state index in [1.807, 2.05) is 6.08 Å². The van der Waals surface area contributed by atoms with Crippen molar-refractivity contribution in [3.8, 4) is 0 Å². The molecule has 0 N–H and O–H groups in total. The van der Waals surface area contributed by atoms with Crippen LogP contribution < -0.4 is 0 Å². The van der Waals surface area contributed by atoms with Crippen LogP contribution in [0.2, 0.25) is 0 Å². The first-order chi connectivity index (χ1) is 5.84. The normalized spacial score (nSPS) is 15.2. The van der Waals surface area contributed by atoms with Crippen molar-refractivity contribution in [3.63, 3.8) is 0 Å². The van der Waals surface area contributed by atoms with Gasteiger partial charge in [-0.3, -0.25) is 0 Å². The number of allylic oxidation sites excluding steroid dienone is 1. The molecule has 0 aromatic carbocycles. The summed E-state index contributed by atoms with van der Waals surface area (Å²) in [4.78, 5) is 11.1. The van der Waals surface area contributed by atoms with E-state index in [4.69, 9.17) is 4.74 Å². The summed E-state index contributed by atoms with van der Waals surface area (Å²) >= 11 is 0. The summed E-state index contributed by atoms with van der Waals surface area (Å²) in [5.41, 5.74) is 0.255. The standard InChI is InChI=1S/C8H10N2O2/c1-2-12-8(11)7-5-3-4-6-9-10-7/h3,5-6H,2,4H2,1H3. The van der Waals surface area contributed by atoms with Crippen LogP contribution in [0.5, 0.6) is 0 Å². The van der Waals surface area contributed by atoms with Gasteiger partial charge in [0.05, 0.1) is 6.61 Å². The first-order valence-electron chi connectivity index (χ1n) is 3.77. The third-order valence-corrected chi connectivity index (χ3v) is 1.25. The van der Waals surface area contributed by atoms with Crippen LogP contribution in [0.15, 0.2) is 22.4 Å². The van der Waals surface area contributed by atoms with Crippen LogP contribution in [-0.4, -0.2) is 24.5 Å². The predicted molar refractivity (Wildman–Crippen MR) is 46.3 cm³/mol. The molecule has 12 heavy (non-hydrogen) atoms. The molecule has 0 saturated heterocycles. The topological polar surface area (TPSA) is 51.0 Å². The Hall–Kier alpha value is -1.45. The van der Waals surface area contributed by atoms with E-state index in [0.717, 1.165) is 0 Å². The van der Waals surface area contributed by atoms with Gasteiger partial charge in [-0.05, 0) is 13.0 Å². The van der Waals surface area contributed by atoms with Gasteiger partial charge < -0.3 is 4.74 Å². The zero-order valence-corrected chi connectivity index (χ0v) is 6.86. The summed E-state index contributed by atoms with van der Waals surface area (Å²) in [6.07, 6.45) is 5.76. The van der Waals surface area contributed by atoms with Gasteiger partial charge in [-0.2, -0.15) is 5.10 Å². The van der Waals surface area contributed by atoms with Crippen molar-refractivity contribution in [1.82, 2.24) is 0 Å². The Labute approximate surface area is 70.6 Å². The number of esters is 1. The van der Waals surface area contributed by atoms with Crippen LogP contribution in [0.4, 0.5) is 0 Å². The number of rotatable bonds is 2. The van der Waals surface area contributed by atoms with Crippen LogP contribution in [0.25, 0.3) is 0 Å². The minimum atomic E-state index is -0.423. The monoisotopic (exact) mass is 166 g/mol. The van der Waals surface area contributed by atoms with Gasteiger partial charge >= 0.3 is 5.97 Å². The molecule has 0 aromatic rings. The molecule has 0 bridgehead atoms. The largest absolute Gasteiger partial charge is 0.461 e. The minimum absolute atomic E-state index is 0.255. The zero-order chi connectivity index (χ0) is 8.81. The molecule has 0 unspecified atom stereocenters. The Bertz CT molecular complexity index is 254. The van der Waals surface area contributed by atoms with Crippen LogP contribution in [-0.2, 0) is 9.53 Å². The van der Waals surface area contributed by atoms with Crippen LogP contribution >= 0.6 is 0 Å². The lowest BCUT2D eigenvalue weighted by Crippen LogP contribution is -2.14. The first kappa shape index (κ1) is 8.64. The predicted octanol–water partition coefficient (Wildman–Crippen LogP) is 0.936. The van der Waals surface area contributed by atoms with Gasteiger partial charge in [-0.25, -0.2) is 4.79 Å². The highest BCUT2D eigenvalue weighted by molar-refractivity contribution is 6.41. The number of hydrogen-bond donors (Lipinski definition) is 0. The molecule has 0 amide bonds. The zero-order valence-electron chi connectivity index (χ0n) is 6.86. The highest BCUT2D eigenvalue weighted by atomic mass is 16.5. The molecule has 0 saturated carbocycles. The molecule has 0 fully saturated rings. The molecular formula is C8H10N2O2. The maximum Gasteiger partial charge on any atom is 0.358 e. The van der Waals surface area contributed by atoms with Crippen molar-refractivity contribution in [2.45, 2.75) is 13.3 Å². The molecule has 0 spiro atoms. The van der Waals surface area contributed by atoms with Crippen LogP contribution in [0, 0.1) is 0 Å². The SMILES string of the molecule is CCOC(=O)C1=NN=CCC=C1. The number of carbonyl (C=O) groups is 1. The Balaban J connectivity index is 2.66. The second kappa shape index (κ2) is 4.43. The molecule has 0 radical (unpaired) electrons. The fraction of sp³-hybridized carbons (Fsp3) is 0.375. The van der Waals surface area contributed by atoms with E-state index in [1.165, 1.54) is 0 Å².